The van der Waals surface area contributed by atoms with Gasteiger partial charge in [-0.2, -0.15) is 0 Å². The van der Waals surface area contributed by atoms with Gasteiger partial charge >= 0.3 is 0 Å². The van der Waals surface area contributed by atoms with Crippen LogP contribution in [0.4, 0.5) is 0 Å². The van der Waals surface area contributed by atoms with Gasteiger partial charge in [-0.3, -0.25) is 0 Å². The van der Waals surface area contributed by atoms with Gasteiger partial charge in [0.2, 0.25) is 0 Å². The highest BCUT2D eigenvalue weighted by Crippen LogP contribution is 2.72. The maximum absolute atomic E-state index is 10.4. The molecule has 3 nitrogen and oxygen atoms in total. The molecule has 2 aliphatic heterocycles. The summed E-state index contributed by atoms with van der Waals surface area (Å²) in [6.45, 7) is 14.4. The van der Waals surface area contributed by atoms with Crippen molar-refractivity contribution >= 4 is 0 Å². The quantitative estimate of drug-likeness (QED) is 0.412. The van der Waals surface area contributed by atoms with Gasteiger partial charge in [-0.1, -0.05) is 59.8 Å². The third-order valence-electron chi connectivity index (χ3n) is 11.1. The highest BCUT2D eigenvalue weighted by molar-refractivity contribution is 5.33. The second-order valence-electron chi connectivity index (χ2n) is 12.7. The molecule has 0 aromatic rings. The third-order valence-corrected chi connectivity index (χ3v) is 11.1. The summed E-state index contributed by atoms with van der Waals surface area (Å²) in [6, 6.07) is 0. The maximum atomic E-state index is 10.4. The van der Waals surface area contributed by atoms with Crippen LogP contribution < -0.4 is 0 Å². The number of fused-ring (bicyclic) bond motifs is 2. The summed E-state index contributed by atoms with van der Waals surface area (Å²) in [6.07, 6.45) is 17.0. The van der Waals surface area contributed by atoms with Gasteiger partial charge in [0.25, 0.3) is 0 Å². The third kappa shape index (κ3) is 2.88. The van der Waals surface area contributed by atoms with Crippen LogP contribution in [0.1, 0.15) is 86.5 Å². The minimum atomic E-state index is -0.439. The van der Waals surface area contributed by atoms with Crippen LogP contribution in [0.15, 0.2) is 24.3 Å². The Labute approximate surface area is 189 Å². The fraction of sp³-hybridized carbons (Fsp3) is 0.857. The molecule has 2 heterocycles. The van der Waals surface area contributed by atoms with Gasteiger partial charge in [0.05, 0.1) is 6.10 Å². The van der Waals surface area contributed by atoms with Gasteiger partial charge in [0.1, 0.15) is 11.2 Å². The number of rotatable bonds is 4. The Morgan fingerprint density at radius 1 is 0.903 bits per heavy atom. The highest BCUT2D eigenvalue weighted by Gasteiger charge is 2.74. The Bertz CT molecular complexity index is 772. The molecule has 10 atom stereocenters. The largest absolute Gasteiger partial charge is 0.393 e. The molecule has 4 fully saturated rings. The minimum Gasteiger partial charge on any atom is -0.393 e. The van der Waals surface area contributed by atoms with E-state index in [0.29, 0.717) is 41.9 Å². The Morgan fingerprint density at radius 3 is 2.35 bits per heavy atom. The van der Waals surface area contributed by atoms with Crippen molar-refractivity contribution in [3.05, 3.63) is 24.3 Å². The van der Waals surface area contributed by atoms with Crippen LogP contribution in [0.2, 0.25) is 0 Å². The molecule has 1 N–H and O–H groups in total. The second-order valence-corrected chi connectivity index (χ2v) is 12.7. The summed E-state index contributed by atoms with van der Waals surface area (Å²) in [5.41, 5.74) is -0.366. The lowest BCUT2D eigenvalue weighted by atomic mass is 9.43. The second kappa shape index (κ2) is 7.18. The minimum absolute atomic E-state index is 0.0663. The number of allylic oxidation sites excluding steroid dienone is 2. The Hall–Kier alpha value is -0.640. The van der Waals surface area contributed by atoms with Crippen molar-refractivity contribution in [1.82, 2.24) is 0 Å². The zero-order valence-corrected chi connectivity index (χ0v) is 20.6. The van der Waals surface area contributed by atoms with Crippen LogP contribution in [0.3, 0.4) is 0 Å². The average Bonchev–Trinajstić information content (AvgIpc) is 3.09. The van der Waals surface area contributed by atoms with E-state index in [2.05, 4.69) is 65.8 Å². The molecule has 0 radical (unpaired) electrons. The molecular formula is C28H44O3. The first-order valence-electron chi connectivity index (χ1n) is 13.0. The predicted molar refractivity (Wildman–Crippen MR) is 124 cm³/mol. The fourth-order valence-electron chi connectivity index (χ4n) is 8.71. The van der Waals surface area contributed by atoms with Crippen LogP contribution in [0.5, 0.6) is 0 Å². The number of hydrogen-bond donors (Lipinski definition) is 1. The molecule has 0 unspecified atom stereocenters. The lowest BCUT2D eigenvalue weighted by Crippen LogP contribution is -2.73. The van der Waals surface area contributed by atoms with E-state index in [1.807, 2.05) is 0 Å². The summed E-state index contributed by atoms with van der Waals surface area (Å²) >= 11 is 0. The zero-order chi connectivity index (χ0) is 22.2. The Kier molecular flexibility index (Phi) is 5.13. The van der Waals surface area contributed by atoms with Crippen molar-refractivity contribution in [1.29, 1.82) is 0 Å². The molecule has 0 amide bonds. The Morgan fingerprint density at radius 2 is 1.68 bits per heavy atom. The molecule has 3 heteroatoms. The highest BCUT2D eigenvalue weighted by atomic mass is 17.2. The molecule has 4 aliphatic carbocycles. The van der Waals surface area contributed by atoms with E-state index in [0.717, 1.165) is 12.8 Å². The van der Waals surface area contributed by atoms with E-state index in [1.165, 1.54) is 25.7 Å². The number of aliphatic hydroxyl groups excluding tert-OH is 1. The van der Waals surface area contributed by atoms with Gasteiger partial charge in [-0.15, -0.1) is 0 Å². The van der Waals surface area contributed by atoms with Gasteiger partial charge in [-0.25, -0.2) is 9.78 Å². The van der Waals surface area contributed by atoms with Crippen LogP contribution in [-0.2, 0) is 9.78 Å². The molecule has 6 aliphatic rings. The topological polar surface area (TPSA) is 38.7 Å². The van der Waals surface area contributed by atoms with Crippen molar-refractivity contribution in [2.45, 2.75) is 104 Å². The fourth-order valence-corrected chi connectivity index (χ4v) is 8.71. The molecule has 2 spiro atoms. The van der Waals surface area contributed by atoms with Crippen LogP contribution >= 0.6 is 0 Å². The van der Waals surface area contributed by atoms with Crippen molar-refractivity contribution in [2.75, 3.05) is 0 Å². The summed E-state index contributed by atoms with van der Waals surface area (Å²) in [7, 11) is 0. The summed E-state index contributed by atoms with van der Waals surface area (Å²) in [5, 5.41) is 10.4. The normalized spacial score (nSPS) is 52.8. The molecular weight excluding hydrogens is 384 g/mol. The number of hydrogen-bond acceptors (Lipinski definition) is 3. The molecule has 31 heavy (non-hydrogen) atoms. The molecule has 0 aromatic carbocycles. The summed E-state index contributed by atoms with van der Waals surface area (Å²) < 4.78 is 0. The summed E-state index contributed by atoms with van der Waals surface area (Å²) in [4.78, 5) is 12.8. The van der Waals surface area contributed by atoms with Gasteiger partial charge in [0.15, 0.2) is 0 Å². The molecule has 174 valence electrons. The van der Waals surface area contributed by atoms with Crippen LogP contribution in [-0.4, -0.2) is 22.4 Å². The lowest BCUT2D eigenvalue weighted by molar-refractivity contribution is -0.497. The summed E-state index contributed by atoms with van der Waals surface area (Å²) in [5.74, 6) is 3.64. The van der Waals surface area contributed by atoms with Gasteiger partial charge in [-0.05, 0) is 73.7 Å². The first-order chi connectivity index (χ1) is 14.6. The molecule has 3 saturated carbocycles. The van der Waals surface area contributed by atoms with Crippen molar-refractivity contribution < 1.29 is 14.9 Å². The predicted octanol–water partition coefficient (Wildman–Crippen LogP) is 6.47. The first-order valence-corrected chi connectivity index (χ1v) is 13.0. The van der Waals surface area contributed by atoms with E-state index in [1.54, 1.807) is 0 Å². The maximum Gasteiger partial charge on any atom is 0.130 e. The monoisotopic (exact) mass is 428 g/mol. The van der Waals surface area contributed by atoms with Crippen LogP contribution in [0, 0.1) is 46.3 Å². The van der Waals surface area contributed by atoms with E-state index >= 15 is 0 Å². The number of aliphatic hydroxyl groups is 1. The molecule has 0 aromatic heterocycles. The van der Waals surface area contributed by atoms with Crippen LogP contribution in [0.25, 0.3) is 0 Å². The van der Waals surface area contributed by atoms with E-state index in [-0.39, 0.29) is 22.5 Å². The van der Waals surface area contributed by atoms with Crippen molar-refractivity contribution in [2.24, 2.45) is 46.3 Å². The van der Waals surface area contributed by atoms with Gasteiger partial charge in [0, 0.05) is 23.7 Å². The molecule has 6 rings (SSSR count). The molecule has 2 bridgehead atoms. The van der Waals surface area contributed by atoms with Gasteiger partial charge < -0.3 is 5.11 Å². The smallest absolute Gasteiger partial charge is 0.130 e. The standard InChI is InChI=1S/C28H44O3/c1-18(2)19(3)7-8-20(4)22-9-10-23-25(22,5)13-12-24-26(6)14-11-21(29)17-27(26)15-16-28(23,24)31-30-27/h7-8,15-16,18-24,29H,9-14,17H2,1-6H3/b8-7+/t19-,20-,21-,22+,23+,24+,25+,26+,27+,28-/m0/s1. The Balaban J connectivity index is 1.45. The average molecular weight is 429 g/mol. The van der Waals surface area contributed by atoms with E-state index < -0.39 is 5.60 Å². The van der Waals surface area contributed by atoms with Crippen molar-refractivity contribution in [3.63, 3.8) is 0 Å². The SMILES string of the molecule is CC(C)[C@@H](C)/C=C/[C@H](C)[C@H]1CC[C@@H]2[C@]1(C)CC[C@H]1[C@]23C=C[C@]2(C[C@@H](O)CC[C@]12C)OO3. The lowest BCUT2D eigenvalue weighted by Gasteiger charge is -2.69. The van der Waals surface area contributed by atoms with Crippen molar-refractivity contribution in [3.8, 4) is 0 Å². The van der Waals surface area contributed by atoms with E-state index in [4.69, 9.17) is 9.78 Å². The van der Waals surface area contributed by atoms with E-state index in [9.17, 15) is 5.11 Å². The molecule has 1 saturated heterocycles. The zero-order valence-electron chi connectivity index (χ0n) is 20.6. The first kappa shape index (κ1) is 22.2.